The van der Waals surface area contributed by atoms with Crippen molar-refractivity contribution >= 4 is 0 Å². The molecule has 0 bridgehead atoms. The van der Waals surface area contributed by atoms with E-state index in [1.54, 1.807) is 0 Å². The van der Waals surface area contributed by atoms with Crippen molar-refractivity contribution in [2.75, 3.05) is 13.2 Å². The fourth-order valence-electron chi connectivity index (χ4n) is 2.83. The van der Waals surface area contributed by atoms with Crippen LogP contribution in [0.3, 0.4) is 0 Å². The van der Waals surface area contributed by atoms with Crippen LogP contribution < -0.4 is 4.74 Å². The zero-order valence-electron chi connectivity index (χ0n) is 10.1. The molecule has 17 heavy (non-hydrogen) atoms. The van der Waals surface area contributed by atoms with Crippen LogP contribution in [0.15, 0.2) is 18.2 Å². The van der Waals surface area contributed by atoms with Gasteiger partial charge in [-0.2, -0.15) is 0 Å². The average Bonchev–Trinajstić information content (AvgIpc) is 2.31. The van der Waals surface area contributed by atoms with Crippen LogP contribution in [0.1, 0.15) is 36.5 Å². The Bertz CT molecular complexity index is 421. The van der Waals surface area contributed by atoms with Crippen molar-refractivity contribution in [3.8, 4) is 5.75 Å². The summed E-state index contributed by atoms with van der Waals surface area (Å²) < 4.78 is 11.6. The largest absolute Gasteiger partial charge is 0.484 e. The topological polar surface area (TPSA) is 38.7 Å². The summed E-state index contributed by atoms with van der Waals surface area (Å²) in [6, 6.07) is 5.99. The fourth-order valence-corrected chi connectivity index (χ4v) is 2.83. The molecule has 1 aromatic rings. The van der Waals surface area contributed by atoms with Gasteiger partial charge in [0.15, 0.2) is 0 Å². The van der Waals surface area contributed by atoms with E-state index in [1.165, 1.54) is 0 Å². The number of aliphatic hydroxyl groups is 1. The molecular formula is C14H18O3. The van der Waals surface area contributed by atoms with E-state index in [4.69, 9.17) is 9.47 Å². The van der Waals surface area contributed by atoms with E-state index >= 15 is 0 Å². The third-order valence-corrected chi connectivity index (χ3v) is 3.70. The van der Waals surface area contributed by atoms with Crippen molar-refractivity contribution in [3.05, 3.63) is 29.3 Å². The highest BCUT2D eigenvalue weighted by atomic mass is 16.5. The Balaban J connectivity index is 1.94. The molecule has 1 saturated heterocycles. The van der Waals surface area contributed by atoms with Crippen molar-refractivity contribution in [2.45, 2.75) is 37.9 Å². The van der Waals surface area contributed by atoms with E-state index in [0.29, 0.717) is 13.0 Å². The average molecular weight is 234 g/mol. The number of hydrogen-bond acceptors (Lipinski definition) is 3. The predicted molar refractivity (Wildman–Crippen MR) is 64.2 cm³/mol. The first-order valence-corrected chi connectivity index (χ1v) is 6.24. The Hall–Kier alpha value is -1.06. The first-order chi connectivity index (χ1) is 8.19. The molecule has 92 valence electrons. The van der Waals surface area contributed by atoms with Gasteiger partial charge in [-0.3, -0.25) is 0 Å². The van der Waals surface area contributed by atoms with Crippen molar-refractivity contribution in [1.82, 2.24) is 0 Å². The van der Waals surface area contributed by atoms with Gasteiger partial charge in [0.2, 0.25) is 0 Å². The van der Waals surface area contributed by atoms with E-state index in [-0.39, 0.29) is 5.60 Å². The maximum atomic E-state index is 10.3. The summed E-state index contributed by atoms with van der Waals surface area (Å²) >= 11 is 0. The molecule has 3 heteroatoms. The van der Waals surface area contributed by atoms with Gasteiger partial charge in [-0.15, -0.1) is 0 Å². The standard InChI is InChI=1S/C14H18O3/c1-10-3-4-13-11(7-10)12(15)8-14(17-13)5-2-6-16-9-14/h3-4,7,12,15H,2,5-6,8-9H2,1H3/t12-,14?/m1/s1. The summed E-state index contributed by atoms with van der Waals surface area (Å²) in [5, 5.41) is 10.3. The minimum Gasteiger partial charge on any atom is -0.484 e. The second-order valence-electron chi connectivity index (χ2n) is 5.20. The normalized spacial score (nSPS) is 32.0. The molecule has 3 nitrogen and oxygen atoms in total. The predicted octanol–water partition coefficient (Wildman–Crippen LogP) is 2.36. The lowest BCUT2D eigenvalue weighted by atomic mass is 9.84. The molecule has 0 saturated carbocycles. The molecular weight excluding hydrogens is 216 g/mol. The Kier molecular flexibility index (Phi) is 2.60. The molecule has 1 spiro atoms. The quantitative estimate of drug-likeness (QED) is 0.749. The molecule has 2 aliphatic heterocycles. The highest BCUT2D eigenvalue weighted by molar-refractivity contribution is 5.41. The molecule has 2 atom stereocenters. The van der Waals surface area contributed by atoms with E-state index in [1.807, 2.05) is 25.1 Å². The second-order valence-corrected chi connectivity index (χ2v) is 5.20. The van der Waals surface area contributed by atoms with Gasteiger partial charge >= 0.3 is 0 Å². The van der Waals surface area contributed by atoms with Crippen molar-refractivity contribution in [2.24, 2.45) is 0 Å². The van der Waals surface area contributed by atoms with Crippen molar-refractivity contribution in [1.29, 1.82) is 0 Å². The third-order valence-electron chi connectivity index (χ3n) is 3.70. The van der Waals surface area contributed by atoms with Crippen molar-refractivity contribution in [3.63, 3.8) is 0 Å². The van der Waals surface area contributed by atoms with Gasteiger partial charge < -0.3 is 14.6 Å². The molecule has 0 radical (unpaired) electrons. The summed E-state index contributed by atoms with van der Waals surface area (Å²) in [6.07, 6.45) is 2.19. The maximum absolute atomic E-state index is 10.3. The van der Waals surface area contributed by atoms with Gasteiger partial charge in [0.05, 0.1) is 12.7 Å². The van der Waals surface area contributed by atoms with E-state index in [0.717, 1.165) is 36.3 Å². The van der Waals surface area contributed by atoms with Crippen LogP contribution in [0.4, 0.5) is 0 Å². The molecule has 2 heterocycles. The zero-order valence-corrected chi connectivity index (χ0v) is 10.1. The Morgan fingerprint density at radius 3 is 3.06 bits per heavy atom. The molecule has 1 aromatic carbocycles. The van der Waals surface area contributed by atoms with Crippen LogP contribution in [-0.2, 0) is 4.74 Å². The van der Waals surface area contributed by atoms with Crippen LogP contribution in [0.25, 0.3) is 0 Å². The number of fused-ring (bicyclic) bond motifs is 1. The molecule has 1 unspecified atom stereocenters. The minimum absolute atomic E-state index is 0.306. The molecule has 0 aliphatic carbocycles. The smallest absolute Gasteiger partial charge is 0.135 e. The molecule has 1 N–H and O–H groups in total. The monoisotopic (exact) mass is 234 g/mol. The van der Waals surface area contributed by atoms with E-state index in [9.17, 15) is 5.11 Å². The Morgan fingerprint density at radius 2 is 2.29 bits per heavy atom. The number of aryl methyl sites for hydroxylation is 1. The molecule has 2 aliphatic rings. The van der Waals surface area contributed by atoms with Crippen LogP contribution in [0.5, 0.6) is 5.75 Å². The summed E-state index contributed by atoms with van der Waals surface area (Å²) in [7, 11) is 0. The van der Waals surface area contributed by atoms with Crippen LogP contribution in [0.2, 0.25) is 0 Å². The maximum Gasteiger partial charge on any atom is 0.135 e. The van der Waals surface area contributed by atoms with Crippen LogP contribution in [0, 0.1) is 6.92 Å². The highest BCUT2D eigenvalue weighted by Crippen LogP contribution is 2.43. The number of rotatable bonds is 0. The number of hydrogen-bond donors (Lipinski definition) is 1. The molecule has 3 rings (SSSR count). The van der Waals surface area contributed by atoms with E-state index < -0.39 is 6.10 Å². The summed E-state index contributed by atoms with van der Waals surface area (Å²) in [4.78, 5) is 0. The summed E-state index contributed by atoms with van der Waals surface area (Å²) in [5.41, 5.74) is 1.77. The van der Waals surface area contributed by atoms with Crippen LogP contribution in [-0.4, -0.2) is 23.9 Å². The summed E-state index contributed by atoms with van der Waals surface area (Å²) in [6.45, 7) is 3.43. The van der Waals surface area contributed by atoms with Crippen molar-refractivity contribution < 1.29 is 14.6 Å². The van der Waals surface area contributed by atoms with Gasteiger partial charge in [-0.25, -0.2) is 0 Å². The number of aliphatic hydroxyl groups excluding tert-OH is 1. The number of ether oxygens (including phenoxy) is 2. The van der Waals surface area contributed by atoms with Gasteiger partial charge in [-0.1, -0.05) is 11.6 Å². The van der Waals surface area contributed by atoms with Crippen LogP contribution >= 0.6 is 0 Å². The lowest BCUT2D eigenvalue weighted by Gasteiger charge is -2.42. The highest BCUT2D eigenvalue weighted by Gasteiger charge is 2.42. The Morgan fingerprint density at radius 1 is 1.41 bits per heavy atom. The SMILES string of the molecule is Cc1ccc2c(c1)[C@H](O)CC1(CCCOC1)O2. The molecule has 0 amide bonds. The first kappa shape index (κ1) is 11.1. The Labute approximate surface area is 101 Å². The zero-order chi connectivity index (χ0) is 11.9. The second kappa shape index (κ2) is 4.00. The van der Waals surface area contributed by atoms with Gasteiger partial charge in [-0.05, 0) is 31.9 Å². The fraction of sp³-hybridized carbons (Fsp3) is 0.571. The van der Waals surface area contributed by atoms with Gasteiger partial charge in [0.1, 0.15) is 11.4 Å². The van der Waals surface area contributed by atoms with E-state index in [2.05, 4.69) is 0 Å². The van der Waals surface area contributed by atoms with Gasteiger partial charge in [0.25, 0.3) is 0 Å². The summed E-state index contributed by atoms with van der Waals surface area (Å²) in [5.74, 6) is 0.819. The third kappa shape index (κ3) is 1.94. The lowest BCUT2D eigenvalue weighted by Crippen LogP contribution is -2.47. The minimum atomic E-state index is -0.430. The lowest BCUT2D eigenvalue weighted by molar-refractivity contribution is -0.103. The first-order valence-electron chi connectivity index (χ1n) is 6.24. The molecule has 0 aromatic heterocycles. The molecule has 1 fully saturated rings. The number of benzene rings is 1. The van der Waals surface area contributed by atoms with Gasteiger partial charge in [0, 0.05) is 18.6 Å².